The predicted octanol–water partition coefficient (Wildman–Crippen LogP) is 6.57. The van der Waals surface area contributed by atoms with Crippen LogP contribution in [0, 0.1) is 6.92 Å². The summed E-state index contributed by atoms with van der Waals surface area (Å²) in [5, 5.41) is 0. The second kappa shape index (κ2) is 13.1. The molecule has 23 heterocycles. The topological polar surface area (TPSA) is 73.8 Å². The van der Waals surface area contributed by atoms with Gasteiger partial charge in [0.2, 0.25) is 0 Å². The first-order valence-electron chi connectivity index (χ1n) is 22.9. The van der Waals surface area contributed by atoms with Gasteiger partial charge in [-0.05, 0) is 73.3 Å². The fourth-order valence-corrected chi connectivity index (χ4v) is 12.7. The summed E-state index contributed by atoms with van der Waals surface area (Å²) in [6.07, 6.45) is -1.16. The van der Waals surface area contributed by atoms with Crippen LogP contribution in [0.3, 0.4) is 0 Å². The quantitative estimate of drug-likeness (QED) is 0.163. The van der Waals surface area contributed by atoms with Gasteiger partial charge in [0.25, 0.3) is 0 Å². The van der Waals surface area contributed by atoms with Crippen LogP contribution in [0.1, 0.15) is 130 Å². The molecule has 32 rings (SSSR count). The van der Waals surface area contributed by atoms with Crippen molar-refractivity contribution in [2.24, 2.45) is 0 Å². The lowest BCUT2D eigenvalue weighted by Crippen LogP contribution is -2.40. The molecule has 0 N–H and O–H groups in total. The molecule has 63 heavy (non-hydrogen) atoms. The summed E-state index contributed by atoms with van der Waals surface area (Å²) >= 11 is 0. The molecule has 0 aromatic heterocycles. The molecule has 5 aromatic rings. The molecule has 8 atom stereocenters. The molecule has 0 radical (unpaired) electrons. The van der Waals surface area contributed by atoms with Gasteiger partial charge in [-0.15, -0.1) is 0 Å². The third-order valence-electron chi connectivity index (χ3n) is 16.5. The van der Waals surface area contributed by atoms with Gasteiger partial charge in [0, 0.05) is 21.7 Å². The minimum atomic E-state index is -0.471. The van der Waals surface area contributed by atoms with Gasteiger partial charge in [0.1, 0.15) is 0 Å². The summed E-state index contributed by atoms with van der Waals surface area (Å²) in [6, 6.07) is 36.6. The second-order valence-corrected chi connectivity index (χ2v) is 21.7. The fourth-order valence-electron chi connectivity index (χ4n) is 12.7. The van der Waals surface area contributed by atoms with E-state index >= 15 is 0 Å². The van der Waals surface area contributed by atoms with Crippen LogP contribution in [0.25, 0.3) is 0 Å². The van der Waals surface area contributed by atoms with E-state index in [4.69, 9.17) is 37.2 Å². The van der Waals surface area contributed by atoms with Crippen LogP contribution in [0.5, 0.6) is 0 Å². The average molecular weight is 836 g/mol. The van der Waals surface area contributed by atoms with E-state index in [9.17, 15) is 0 Å². The zero-order chi connectivity index (χ0) is 43.1. The second-order valence-electron chi connectivity index (χ2n) is 21.7. The molecule has 0 unspecified atom stereocenters. The Kier molecular flexibility index (Phi) is 8.20. The molecule has 12 heteroatoms. The minimum Gasteiger partial charge on any atom is -0.401 e. The lowest BCUT2D eigenvalue weighted by molar-refractivity contribution is 0.113. The van der Waals surface area contributed by atoms with Crippen LogP contribution in [-0.4, -0.2) is 52.9 Å². The first-order chi connectivity index (χ1) is 30.1. The Morgan fingerprint density at radius 3 is 0.778 bits per heavy atom. The minimum absolute atomic E-state index is 0.119. The molecular weight excluding hydrogens is 784 g/mol. The summed E-state index contributed by atoms with van der Waals surface area (Å²) in [6.45, 7) is 20.3. The van der Waals surface area contributed by atoms with Crippen LogP contribution in [0.15, 0.2) is 103 Å². The predicted molar refractivity (Wildman–Crippen MR) is 245 cm³/mol. The van der Waals surface area contributed by atoms with Crippen molar-refractivity contribution in [3.8, 4) is 0 Å². The summed E-state index contributed by atoms with van der Waals surface area (Å²) in [5.41, 5.74) is 14.1. The molecule has 23 aliphatic heterocycles. The molecule has 27 aliphatic rings. The molecular formula is C51H52B4O8. The standard InChI is InChI=1S/C44H44B4O8.C7H8/c1-41(2)29-17-26-30-18-25(29)33-37(41)53-45(49-33)21-9-11-22(12-10-21)47-51-35-27-19-32-28(20-31(27)43(5,6)39(35)55-47)36-40(44(32,7)8)56-48(52-36)24-15-13-23(14-16-24)46-50-34(26)38(54-46)42(30,3)4;1-7-5-3-2-4-6-7/h9-20,33-40H,1-8H3;2-6H,1H3/t33-,34-,35-,36-,37-,38-,39-,40-;/m0./s1. The van der Waals surface area contributed by atoms with Gasteiger partial charge in [0.15, 0.2) is 0 Å². The van der Waals surface area contributed by atoms with E-state index in [1.54, 1.807) is 0 Å². The van der Waals surface area contributed by atoms with Crippen LogP contribution in [0.2, 0.25) is 0 Å². The molecule has 5 aromatic carbocycles. The molecule has 0 amide bonds. The number of rotatable bonds is 0. The highest BCUT2D eigenvalue weighted by Crippen LogP contribution is 2.60. The van der Waals surface area contributed by atoms with Gasteiger partial charge in [0.05, 0.1) is 48.8 Å². The molecule has 0 saturated carbocycles. The van der Waals surface area contributed by atoms with Crippen molar-refractivity contribution in [2.45, 2.75) is 133 Å². The average Bonchev–Trinajstić information content (AvgIpc) is 4.14. The smallest absolute Gasteiger partial charge is 0.401 e. The van der Waals surface area contributed by atoms with Gasteiger partial charge in [-0.25, -0.2) is 0 Å². The molecule has 316 valence electrons. The maximum Gasteiger partial charge on any atom is 0.494 e. The van der Waals surface area contributed by atoms with Gasteiger partial charge in [-0.3, -0.25) is 0 Å². The van der Waals surface area contributed by atoms with Crippen LogP contribution in [-0.2, 0) is 58.9 Å². The largest absolute Gasteiger partial charge is 0.494 e. The lowest BCUT2D eigenvalue weighted by Gasteiger charge is -2.28. The Bertz CT molecular complexity index is 2370. The van der Waals surface area contributed by atoms with E-state index in [0.29, 0.717) is 0 Å². The zero-order valence-corrected chi connectivity index (χ0v) is 37.5. The fraction of sp³-hybridized carbons (Fsp3) is 0.412. The third kappa shape index (κ3) is 5.38. The van der Waals surface area contributed by atoms with Crippen molar-refractivity contribution in [3.05, 3.63) is 153 Å². The maximum absolute atomic E-state index is 6.84. The van der Waals surface area contributed by atoms with Crippen molar-refractivity contribution in [1.82, 2.24) is 0 Å². The molecule has 4 fully saturated rings. The molecule has 0 spiro atoms. The number of hydrogen-bond donors (Lipinski definition) is 0. The summed E-state index contributed by atoms with van der Waals surface area (Å²) < 4.78 is 54.7. The number of hydrogen-bond acceptors (Lipinski definition) is 8. The summed E-state index contributed by atoms with van der Waals surface area (Å²) in [5.74, 6) is 0. The van der Waals surface area contributed by atoms with Crippen molar-refractivity contribution in [2.75, 3.05) is 0 Å². The maximum atomic E-state index is 6.84. The van der Waals surface area contributed by atoms with Crippen molar-refractivity contribution < 1.29 is 37.2 Å². The SMILES string of the molecule is CC1(C)c2cc3c4cc2[C@@H]2OB(O[C@@H]21)c1ccc(cc1)B1O[C@H]2c5cc6c(cc5C(C)(C)[C@H]2O1)[C@@H]1OB(O[C@@H]1C6(C)C)c1ccc(cc1)B1O[C@@H]3[C@H](O1)C4(C)C.Cc1ccccc1. The van der Waals surface area contributed by atoms with Crippen molar-refractivity contribution >= 4 is 50.3 Å². The van der Waals surface area contributed by atoms with Gasteiger partial charge in [-0.1, -0.05) is 164 Å². The third-order valence-corrected chi connectivity index (χ3v) is 16.5. The van der Waals surface area contributed by atoms with Crippen LogP contribution in [0.4, 0.5) is 0 Å². The molecule has 8 nitrogen and oxygen atoms in total. The number of aryl methyl sites for hydroxylation is 1. The van der Waals surface area contributed by atoms with E-state index in [0.717, 1.165) is 21.9 Å². The number of benzene rings is 5. The van der Waals surface area contributed by atoms with Crippen LogP contribution >= 0.6 is 0 Å². The van der Waals surface area contributed by atoms with Crippen molar-refractivity contribution in [1.29, 1.82) is 0 Å². The van der Waals surface area contributed by atoms with E-state index in [1.165, 1.54) is 50.1 Å². The monoisotopic (exact) mass is 836 g/mol. The van der Waals surface area contributed by atoms with E-state index in [1.807, 2.05) is 18.2 Å². The highest BCUT2D eigenvalue weighted by atomic mass is 16.7. The van der Waals surface area contributed by atoms with Gasteiger partial charge < -0.3 is 37.2 Å². The normalized spacial score (nSPS) is 31.4. The Balaban J connectivity index is 0.000000527. The Morgan fingerprint density at radius 2 is 0.571 bits per heavy atom. The Morgan fingerprint density at radius 1 is 0.333 bits per heavy atom. The van der Waals surface area contributed by atoms with Gasteiger partial charge in [-0.2, -0.15) is 0 Å². The highest BCUT2D eigenvalue weighted by Gasteiger charge is 2.62. The first kappa shape index (κ1) is 39.4. The lowest BCUT2D eigenvalue weighted by atomic mass is 9.73. The zero-order valence-electron chi connectivity index (χ0n) is 37.5. The first-order valence-corrected chi connectivity index (χ1v) is 22.9. The summed E-state index contributed by atoms with van der Waals surface area (Å²) in [4.78, 5) is 0. The Hall–Kier alpha value is -3.96. The van der Waals surface area contributed by atoms with Gasteiger partial charge >= 0.3 is 28.5 Å². The van der Waals surface area contributed by atoms with Crippen LogP contribution < -0.4 is 21.9 Å². The van der Waals surface area contributed by atoms with E-state index in [2.05, 4.69) is 147 Å². The van der Waals surface area contributed by atoms with E-state index < -0.39 is 28.5 Å². The van der Waals surface area contributed by atoms with E-state index in [-0.39, 0.29) is 70.5 Å². The van der Waals surface area contributed by atoms with Crippen molar-refractivity contribution in [3.63, 3.8) is 0 Å². The molecule has 24 bridgehead atoms. The Labute approximate surface area is 372 Å². The summed E-state index contributed by atoms with van der Waals surface area (Å²) in [7, 11) is -1.88. The highest BCUT2D eigenvalue weighted by molar-refractivity contribution is 6.65. The molecule has 4 saturated heterocycles. The molecule has 4 aliphatic carbocycles.